The zero-order valence-corrected chi connectivity index (χ0v) is 11.0. The van der Waals surface area contributed by atoms with Crippen molar-refractivity contribution in [3.8, 4) is 5.75 Å². The molecular weight excluding hydrogens is 277 g/mol. The molecule has 0 heterocycles. The summed E-state index contributed by atoms with van der Waals surface area (Å²) in [5, 5.41) is 0. The molecule has 15 heavy (non-hydrogen) atoms. The van der Waals surface area contributed by atoms with Gasteiger partial charge in [-0.2, -0.15) is 0 Å². The number of halogens is 2. The molecule has 1 aromatic rings. The molecule has 2 nitrogen and oxygen atoms in total. The number of nitrogens with two attached hydrogens (primary N) is 1. The number of hydrogen-bond donors (Lipinski definition) is 1. The zero-order chi connectivity index (χ0) is 11.4. The van der Waals surface area contributed by atoms with Gasteiger partial charge in [-0.25, -0.2) is 0 Å². The Labute approximate surface area is 103 Å². The minimum absolute atomic E-state index is 0.455. The van der Waals surface area contributed by atoms with E-state index in [1.807, 2.05) is 26.0 Å². The molecule has 0 aliphatic heterocycles. The smallest absolute Gasteiger partial charge is 0.145 e. The largest absolute Gasteiger partial charge is 0.487 e. The Morgan fingerprint density at radius 1 is 1.60 bits per heavy atom. The van der Waals surface area contributed by atoms with Crippen molar-refractivity contribution < 1.29 is 4.74 Å². The molecule has 4 heteroatoms. The van der Waals surface area contributed by atoms with Gasteiger partial charge in [0.25, 0.3) is 0 Å². The van der Waals surface area contributed by atoms with Gasteiger partial charge in [-0.3, -0.25) is 0 Å². The Hall–Kier alpha value is -0.670. The Morgan fingerprint density at radius 3 is 2.80 bits per heavy atom. The number of ether oxygens (including phenoxy) is 1. The summed E-state index contributed by atoms with van der Waals surface area (Å²) in [5.41, 5.74) is 9.94. The van der Waals surface area contributed by atoms with Crippen LogP contribution >= 0.6 is 27.5 Å². The highest BCUT2D eigenvalue weighted by Crippen LogP contribution is 2.30. The number of rotatable bonds is 3. The van der Waals surface area contributed by atoms with Crippen molar-refractivity contribution >= 4 is 33.2 Å². The summed E-state index contributed by atoms with van der Waals surface area (Å²) in [4.78, 5) is 0. The van der Waals surface area contributed by atoms with Crippen LogP contribution in [-0.4, -0.2) is 6.61 Å². The van der Waals surface area contributed by atoms with Crippen molar-refractivity contribution in [3.05, 3.63) is 33.3 Å². The van der Waals surface area contributed by atoms with Crippen LogP contribution in [0.1, 0.15) is 12.5 Å². The van der Waals surface area contributed by atoms with Crippen LogP contribution in [0.15, 0.2) is 27.7 Å². The van der Waals surface area contributed by atoms with E-state index in [-0.39, 0.29) is 0 Å². The van der Waals surface area contributed by atoms with Gasteiger partial charge in [0, 0.05) is 10.0 Å². The van der Waals surface area contributed by atoms with Crippen LogP contribution in [0.25, 0.3) is 0 Å². The van der Waals surface area contributed by atoms with E-state index in [4.69, 9.17) is 22.1 Å². The molecular formula is C11H13BrClNO. The summed E-state index contributed by atoms with van der Waals surface area (Å²) >= 11 is 8.91. The van der Waals surface area contributed by atoms with Crippen molar-refractivity contribution in [3.63, 3.8) is 0 Å². The highest BCUT2D eigenvalue weighted by molar-refractivity contribution is 9.10. The van der Waals surface area contributed by atoms with Crippen LogP contribution in [-0.2, 0) is 0 Å². The third-order valence-electron chi connectivity index (χ3n) is 1.90. The molecule has 0 saturated heterocycles. The maximum absolute atomic E-state index is 5.84. The fraction of sp³-hybridized carbons (Fsp3) is 0.273. The Kier molecular flexibility index (Phi) is 4.48. The SMILES string of the molecule is CC(=CCl)COc1c(C)cc(Br)cc1N. The van der Waals surface area contributed by atoms with E-state index >= 15 is 0 Å². The van der Waals surface area contributed by atoms with Crippen molar-refractivity contribution in [2.75, 3.05) is 12.3 Å². The first-order chi connectivity index (χ1) is 7.04. The molecule has 0 unspecified atom stereocenters. The van der Waals surface area contributed by atoms with E-state index in [0.717, 1.165) is 21.4 Å². The fourth-order valence-electron chi connectivity index (χ4n) is 1.17. The lowest BCUT2D eigenvalue weighted by molar-refractivity contribution is 0.352. The molecule has 0 aliphatic rings. The first-order valence-corrected chi connectivity index (χ1v) is 5.72. The van der Waals surface area contributed by atoms with Gasteiger partial charge in [0.15, 0.2) is 0 Å². The second kappa shape index (κ2) is 5.42. The topological polar surface area (TPSA) is 35.2 Å². The number of hydrogen-bond acceptors (Lipinski definition) is 2. The van der Waals surface area contributed by atoms with Crippen molar-refractivity contribution in [2.45, 2.75) is 13.8 Å². The van der Waals surface area contributed by atoms with E-state index in [1.165, 1.54) is 5.54 Å². The van der Waals surface area contributed by atoms with Gasteiger partial charge in [-0.15, -0.1) is 0 Å². The molecule has 82 valence electrons. The first kappa shape index (κ1) is 12.4. The Balaban J connectivity index is 2.86. The van der Waals surface area contributed by atoms with Gasteiger partial charge < -0.3 is 10.5 Å². The first-order valence-electron chi connectivity index (χ1n) is 4.49. The summed E-state index contributed by atoms with van der Waals surface area (Å²) < 4.78 is 6.53. The Bertz CT molecular complexity index is 367. The molecule has 0 atom stereocenters. The van der Waals surface area contributed by atoms with Gasteiger partial charge in [0.05, 0.1) is 5.69 Å². The van der Waals surface area contributed by atoms with Crippen molar-refractivity contribution in [1.29, 1.82) is 0 Å². The van der Waals surface area contributed by atoms with Gasteiger partial charge in [0.2, 0.25) is 0 Å². The molecule has 0 aromatic heterocycles. The molecule has 0 aliphatic carbocycles. The standard InChI is InChI=1S/C11H13BrClNO/c1-7(5-13)6-15-11-8(2)3-9(12)4-10(11)14/h3-5H,6,14H2,1-2H3. The van der Waals surface area contributed by atoms with Crippen LogP contribution < -0.4 is 10.5 Å². The molecule has 0 spiro atoms. The highest BCUT2D eigenvalue weighted by Gasteiger charge is 2.06. The molecule has 0 fully saturated rings. The third kappa shape index (κ3) is 3.43. The number of benzene rings is 1. The van der Waals surface area contributed by atoms with Gasteiger partial charge in [-0.05, 0) is 37.1 Å². The average molecular weight is 291 g/mol. The van der Waals surface area contributed by atoms with Gasteiger partial charge >= 0.3 is 0 Å². The maximum atomic E-state index is 5.84. The van der Waals surface area contributed by atoms with E-state index in [1.54, 1.807) is 0 Å². The van der Waals surface area contributed by atoms with Crippen LogP contribution in [0.4, 0.5) is 5.69 Å². The Morgan fingerprint density at radius 2 is 2.27 bits per heavy atom. The van der Waals surface area contributed by atoms with Crippen LogP contribution in [0.5, 0.6) is 5.75 Å². The van der Waals surface area contributed by atoms with Crippen molar-refractivity contribution in [2.24, 2.45) is 0 Å². The normalized spacial score (nSPS) is 11.6. The third-order valence-corrected chi connectivity index (χ3v) is 2.73. The van der Waals surface area contributed by atoms with Gasteiger partial charge in [-0.1, -0.05) is 27.5 Å². The quantitative estimate of drug-likeness (QED) is 0.858. The summed E-state index contributed by atoms with van der Waals surface area (Å²) in [6.07, 6.45) is 0. The van der Waals surface area contributed by atoms with Crippen LogP contribution in [0, 0.1) is 6.92 Å². The van der Waals surface area contributed by atoms with E-state index in [9.17, 15) is 0 Å². The predicted molar refractivity (Wildman–Crippen MR) is 68.4 cm³/mol. The van der Waals surface area contributed by atoms with E-state index in [2.05, 4.69) is 15.9 Å². The summed E-state index contributed by atoms with van der Waals surface area (Å²) in [6.45, 7) is 4.31. The number of anilines is 1. The zero-order valence-electron chi connectivity index (χ0n) is 8.68. The number of nitrogen functional groups attached to an aromatic ring is 1. The summed E-state index contributed by atoms with van der Waals surface area (Å²) in [5.74, 6) is 0.719. The maximum Gasteiger partial charge on any atom is 0.145 e. The summed E-state index contributed by atoms with van der Waals surface area (Å²) in [7, 11) is 0. The second-order valence-corrected chi connectivity index (χ2v) is 4.52. The molecule has 0 radical (unpaired) electrons. The molecule has 2 N–H and O–H groups in total. The van der Waals surface area contributed by atoms with Gasteiger partial charge in [0.1, 0.15) is 12.4 Å². The summed E-state index contributed by atoms with van der Waals surface area (Å²) in [6, 6.07) is 3.79. The lowest BCUT2D eigenvalue weighted by Crippen LogP contribution is -2.02. The average Bonchev–Trinajstić information content (AvgIpc) is 2.15. The molecule has 1 rings (SSSR count). The van der Waals surface area contributed by atoms with E-state index in [0.29, 0.717) is 12.3 Å². The minimum Gasteiger partial charge on any atom is -0.487 e. The van der Waals surface area contributed by atoms with Crippen LogP contribution in [0.3, 0.4) is 0 Å². The lowest BCUT2D eigenvalue weighted by atomic mass is 10.2. The lowest BCUT2D eigenvalue weighted by Gasteiger charge is -2.12. The second-order valence-electron chi connectivity index (χ2n) is 3.39. The minimum atomic E-state index is 0.455. The molecule has 0 saturated carbocycles. The fourth-order valence-corrected chi connectivity index (χ4v) is 1.82. The number of aryl methyl sites for hydroxylation is 1. The molecule has 0 bridgehead atoms. The highest BCUT2D eigenvalue weighted by atomic mass is 79.9. The molecule has 0 amide bonds. The van der Waals surface area contributed by atoms with E-state index < -0.39 is 0 Å². The molecule has 1 aromatic carbocycles. The van der Waals surface area contributed by atoms with Crippen molar-refractivity contribution in [1.82, 2.24) is 0 Å². The van der Waals surface area contributed by atoms with Crippen LogP contribution in [0.2, 0.25) is 0 Å². The monoisotopic (exact) mass is 289 g/mol. The predicted octanol–water partition coefficient (Wildman–Crippen LogP) is 3.86.